The first-order valence-electron chi connectivity index (χ1n) is 9.30. The molecule has 3 aromatic rings. The molecule has 0 aliphatic heterocycles. The molecule has 0 atom stereocenters. The van der Waals surface area contributed by atoms with Gasteiger partial charge in [0.2, 0.25) is 11.8 Å². The molecule has 1 aromatic carbocycles. The molecule has 0 saturated carbocycles. The molecule has 0 spiro atoms. The van der Waals surface area contributed by atoms with Crippen molar-refractivity contribution in [2.24, 2.45) is 0 Å². The molecule has 0 radical (unpaired) electrons. The van der Waals surface area contributed by atoms with E-state index in [2.05, 4.69) is 36.1 Å². The minimum atomic E-state index is -0.0731. The number of hydrogen-bond donors (Lipinski definition) is 1. The summed E-state index contributed by atoms with van der Waals surface area (Å²) in [6, 6.07) is 7.96. The fraction of sp³-hybridized carbons (Fsp3) is 0.381. The predicted octanol–water partition coefficient (Wildman–Crippen LogP) is 4.97. The average molecular weight is 431 g/mol. The number of benzene rings is 1. The Labute approximate surface area is 179 Å². The minimum Gasteiger partial charge on any atom is -0.444 e. The number of anilines is 2. The molecule has 2 aromatic heterocycles. The molecule has 6 nitrogen and oxygen atoms in total. The van der Waals surface area contributed by atoms with Crippen LogP contribution in [0.15, 0.2) is 45.3 Å². The summed E-state index contributed by atoms with van der Waals surface area (Å²) in [5.74, 6) is 2.13. The molecular formula is C21H26N4O2S2. The van der Waals surface area contributed by atoms with Crippen molar-refractivity contribution in [2.45, 2.75) is 42.6 Å². The van der Waals surface area contributed by atoms with Crippen LogP contribution in [0.25, 0.3) is 0 Å². The number of carbonyl (C=O) groups excluding carboxylic acids is 1. The van der Waals surface area contributed by atoms with Gasteiger partial charge in [-0.2, -0.15) is 0 Å². The molecule has 1 N–H and O–H groups in total. The quantitative estimate of drug-likeness (QED) is 0.534. The van der Waals surface area contributed by atoms with Crippen LogP contribution in [0, 0.1) is 0 Å². The SMILES string of the molecule is CN(C)c1ccc(CC(=O)Nc2ncc(SCc3ncc(C(C)(C)C)o3)s2)cc1. The molecule has 29 heavy (non-hydrogen) atoms. The molecule has 2 heterocycles. The van der Waals surface area contributed by atoms with E-state index in [4.69, 9.17) is 4.42 Å². The number of thiazole rings is 1. The van der Waals surface area contributed by atoms with Gasteiger partial charge in [-0.25, -0.2) is 9.97 Å². The van der Waals surface area contributed by atoms with Gasteiger partial charge in [-0.05, 0) is 17.7 Å². The second-order valence-electron chi connectivity index (χ2n) is 7.93. The summed E-state index contributed by atoms with van der Waals surface area (Å²) in [6.07, 6.45) is 3.88. The summed E-state index contributed by atoms with van der Waals surface area (Å²) in [4.78, 5) is 23.0. The minimum absolute atomic E-state index is 0.0510. The summed E-state index contributed by atoms with van der Waals surface area (Å²) in [5, 5.41) is 3.48. The van der Waals surface area contributed by atoms with E-state index in [0.29, 0.717) is 23.2 Å². The Hall–Kier alpha value is -2.32. The van der Waals surface area contributed by atoms with Crippen molar-refractivity contribution in [2.75, 3.05) is 24.3 Å². The Morgan fingerprint density at radius 3 is 2.52 bits per heavy atom. The van der Waals surface area contributed by atoms with Gasteiger partial charge in [-0.1, -0.05) is 44.2 Å². The average Bonchev–Trinajstić information content (AvgIpc) is 3.29. The zero-order valence-corrected chi connectivity index (χ0v) is 19.0. The van der Waals surface area contributed by atoms with Crippen molar-refractivity contribution in [3.05, 3.63) is 53.9 Å². The lowest BCUT2D eigenvalue weighted by Crippen LogP contribution is -2.14. The molecule has 8 heteroatoms. The highest BCUT2D eigenvalue weighted by Crippen LogP contribution is 2.31. The number of nitrogens with zero attached hydrogens (tertiary/aromatic N) is 3. The highest BCUT2D eigenvalue weighted by Gasteiger charge is 2.19. The molecular weight excluding hydrogens is 404 g/mol. The first-order chi connectivity index (χ1) is 13.7. The normalized spacial score (nSPS) is 11.5. The molecule has 0 unspecified atom stereocenters. The fourth-order valence-corrected chi connectivity index (χ4v) is 4.24. The summed E-state index contributed by atoms with van der Waals surface area (Å²) < 4.78 is 6.82. The van der Waals surface area contributed by atoms with Gasteiger partial charge in [-0.15, -0.1) is 11.8 Å². The smallest absolute Gasteiger partial charge is 0.230 e. The van der Waals surface area contributed by atoms with Gasteiger partial charge in [0.25, 0.3) is 0 Å². The van der Waals surface area contributed by atoms with E-state index < -0.39 is 0 Å². The van der Waals surface area contributed by atoms with Crippen molar-refractivity contribution >= 4 is 39.8 Å². The summed E-state index contributed by atoms with van der Waals surface area (Å²) >= 11 is 3.05. The van der Waals surface area contributed by atoms with Gasteiger partial charge in [-0.3, -0.25) is 4.79 Å². The maximum Gasteiger partial charge on any atom is 0.230 e. The maximum atomic E-state index is 12.3. The van der Waals surface area contributed by atoms with Crippen LogP contribution in [0.2, 0.25) is 0 Å². The molecule has 0 aliphatic rings. The van der Waals surface area contributed by atoms with Crippen LogP contribution < -0.4 is 10.2 Å². The number of rotatable bonds is 7. The van der Waals surface area contributed by atoms with E-state index in [-0.39, 0.29) is 11.3 Å². The predicted molar refractivity (Wildman–Crippen MR) is 120 cm³/mol. The lowest BCUT2D eigenvalue weighted by molar-refractivity contribution is -0.115. The van der Waals surface area contributed by atoms with Gasteiger partial charge in [0, 0.05) is 25.2 Å². The van der Waals surface area contributed by atoms with Crippen molar-refractivity contribution in [1.29, 1.82) is 0 Å². The largest absolute Gasteiger partial charge is 0.444 e. The fourth-order valence-electron chi connectivity index (χ4n) is 2.50. The lowest BCUT2D eigenvalue weighted by atomic mass is 9.94. The second-order valence-corrected chi connectivity index (χ2v) is 10.2. The highest BCUT2D eigenvalue weighted by molar-refractivity contribution is 8.00. The number of hydrogen-bond acceptors (Lipinski definition) is 7. The van der Waals surface area contributed by atoms with Crippen molar-refractivity contribution < 1.29 is 9.21 Å². The van der Waals surface area contributed by atoms with Crippen molar-refractivity contribution in [1.82, 2.24) is 9.97 Å². The lowest BCUT2D eigenvalue weighted by Gasteiger charge is -2.12. The summed E-state index contributed by atoms with van der Waals surface area (Å²) in [5.41, 5.74) is 2.03. The Bertz CT molecular complexity index is 956. The Kier molecular flexibility index (Phi) is 6.64. The number of amides is 1. The number of thioether (sulfide) groups is 1. The van der Waals surface area contributed by atoms with Crippen LogP contribution in [0.4, 0.5) is 10.8 Å². The third-order valence-corrected chi connectivity index (χ3v) is 6.27. The Balaban J connectivity index is 1.50. The molecule has 0 fully saturated rings. The van der Waals surface area contributed by atoms with Gasteiger partial charge < -0.3 is 14.6 Å². The third kappa shape index (κ3) is 6.08. The monoisotopic (exact) mass is 430 g/mol. The van der Waals surface area contributed by atoms with Crippen LogP contribution in [-0.4, -0.2) is 30.0 Å². The Morgan fingerprint density at radius 2 is 1.90 bits per heavy atom. The summed E-state index contributed by atoms with van der Waals surface area (Å²) in [6.45, 7) is 6.29. The van der Waals surface area contributed by atoms with Crippen LogP contribution >= 0.6 is 23.1 Å². The van der Waals surface area contributed by atoms with Crippen LogP contribution in [0.5, 0.6) is 0 Å². The number of aromatic nitrogens is 2. The van der Waals surface area contributed by atoms with E-state index >= 15 is 0 Å². The first-order valence-corrected chi connectivity index (χ1v) is 11.1. The third-order valence-electron chi connectivity index (χ3n) is 4.18. The van der Waals surface area contributed by atoms with Crippen LogP contribution in [-0.2, 0) is 22.4 Å². The van der Waals surface area contributed by atoms with Crippen molar-refractivity contribution in [3.63, 3.8) is 0 Å². The first kappa shape index (κ1) is 21.4. The molecule has 0 saturated heterocycles. The van der Waals surface area contributed by atoms with Gasteiger partial charge in [0.15, 0.2) is 5.13 Å². The topological polar surface area (TPSA) is 71.3 Å². The Morgan fingerprint density at radius 1 is 1.17 bits per heavy atom. The number of oxazole rings is 1. The number of carbonyl (C=O) groups is 1. The molecule has 0 aliphatic carbocycles. The second kappa shape index (κ2) is 9.00. The van der Waals surface area contributed by atoms with Gasteiger partial charge >= 0.3 is 0 Å². The van der Waals surface area contributed by atoms with E-state index in [0.717, 1.165) is 21.2 Å². The van der Waals surface area contributed by atoms with Crippen LogP contribution in [0.3, 0.4) is 0 Å². The zero-order chi connectivity index (χ0) is 21.0. The number of nitrogens with one attached hydrogen (secondary N) is 1. The standard InChI is InChI=1S/C21H26N4O2S2/c1-21(2,3)16-11-22-18(27-16)13-28-19-12-23-20(29-19)24-17(26)10-14-6-8-15(9-7-14)25(4)5/h6-9,11-12H,10,13H2,1-5H3,(H,23,24,26). The van der Waals surface area contributed by atoms with E-state index in [1.165, 1.54) is 11.3 Å². The van der Waals surface area contributed by atoms with E-state index in [1.54, 1.807) is 24.2 Å². The summed E-state index contributed by atoms with van der Waals surface area (Å²) in [7, 11) is 3.98. The molecule has 154 valence electrons. The maximum absolute atomic E-state index is 12.3. The van der Waals surface area contributed by atoms with E-state index in [9.17, 15) is 4.79 Å². The van der Waals surface area contributed by atoms with Gasteiger partial charge in [0.1, 0.15) is 5.76 Å². The van der Waals surface area contributed by atoms with E-state index in [1.807, 2.05) is 43.3 Å². The molecule has 1 amide bonds. The highest BCUT2D eigenvalue weighted by atomic mass is 32.2. The molecule has 0 bridgehead atoms. The van der Waals surface area contributed by atoms with Crippen molar-refractivity contribution in [3.8, 4) is 0 Å². The molecule has 3 rings (SSSR count). The zero-order valence-electron chi connectivity index (χ0n) is 17.4. The van der Waals surface area contributed by atoms with Gasteiger partial charge in [0.05, 0.1) is 28.8 Å². The van der Waals surface area contributed by atoms with Crippen LogP contribution in [0.1, 0.15) is 38.0 Å².